The second-order valence-electron chi connectivity index (χ2n) is 4.49. The number of morpholine rings is 1. The van der Waals surface area contributed by atoms with Gasteiger partial charge in [-0.2, -0.15) is 0 Å². The van der Waals surface area contributed by atoms with E-state index >= 15 is 0 Å². The van der Waals surface area contributed by atoms with E-state index in [1.165, 1.54) is 0 Å². The largest absolute Gasteiger partial charge is 0.478 e. The highest BCUT2D eigenvalue weighted by Crippen LogP contribution is 2.14. The van der Waals surface area contributed by atoms with E-state index in [9.17, 15) is 9.18 Å². The molecule has 0 saturated carbocycles. The number of carbonyl (C=O) groups is 1. The zero-order chi connectivity index (χ0) is 13.8. The number of nitrogens with one attached hydrogen (secondary N) is 1. The van der Waals surface area contributed by atoms with Gasteiger partial charge in [0.1, 0.15) is 17.2 Å². The number of anilines is 1. The van der Waals surface area contributed by atoms with Crippen molar-refractivity contribution in [2.45, 2.75) is 6.10 Å². The SMILES string of the molecule is CN1CCOC(CNc2ncc(F)cc2C(=O)O)C1. The van der Waals surface area contributed by atoms with Crippen molar-refractivity contribution in [3.63, 3.8) is 0 Å². The highest BCUT2D eigenvalue weighted by atomic mass is 19.1. The first-order valence-electron chi connectivity index (χ1n) is 5.99. The van der Waals surface area contributed by atoms with Crippen molar-refractivity contribution in [3.05, 3.63) is 23.6 Å². The van der Waals surface area contributed by atoms with Crippen molar-refractivity contribution < 1.29 is 19.0 Å². The summed E-state index contributed by atoms with van der Waals surface area (Å²) in [5.41, 5.74) is -0.177. The molecule has 1 aliphatic heterocycles. The fourth-order valence-corrected chi connectivity index (χ4v) is 1.94. The van der Waals surface area contributed by atoms with Gasteiger partial charge in [-0.15, -0.1) is 0 Å². The maximum atomic E-state index is 13.0. The van der Waals surface area contributed by atoms with E-state index in [2.05, 4.69) is 15.2 Å². The molecule has 1 atom stereocenters. The van der Waals surface area contributed by atoms with Crippen LogP contribution in [0.4, 0.5) is 10.2 Å². The van der Waals surface area contributed by atoms with E-state index in [0.717, 1.165) is 25.4 Å². The van der Waals surface area contributed by atoms with Crippen molar-refractivity contribution in [2.75, 3.05) is 38.6 Å². The Morgan fingerprint density at radius 3 is 3.21 bits per heavy atom. The number of likely N-dealkylation sites (N-methyl/N-ethyl adjacent to an activating group) is 1. The zero-order valence-corrected chi connectivity index (χ0v) is 10.6. The fourth-order valence-electron chi connectivity index (χ4n) is 1.94. The summed E-state index contributed by atoms with van der Waals surface area (Å²) < 4.78 is 18.5. The molecular formula is C12H16FN3O3. The minimum Gasteiger partial charge on any atom is -0.478 e. The summed E-state index contributed by atoms with van der Waals surface area (Å²) in [6.07, 6.45) is 0.954. The number of carboxylic acids is 1. The Kier molecular flexibility index (Phi) is 4.28. The summed E-state index contributed by atoms with van der Waals surface area (Å²) >= 11 is 0. The van der Waals surface area contributed by atoms with E-state index in [0.29, 0.717) is 13.2 Å². The summed E-state index contributed by atoms with van der Waals surface area (Å²) in [6.45, 7) is 2.72. The lowest BCUT2D eigenvalue weighted by molar-refractivity contribution is -0.0117. The summed E-state index contributed by atoms with van der Waals surface area (Å²) in [6, 6.07) is 0.950. The van der Waals surface area contributed by atoms with Crippen molar-refractivity contribution in [1.29, 1.82) is 0 Å². The molecule has 0 spiro atoms. The lowest BCUT2D eigenvalue weighted by atomic mass is 10.2. The Balaban J connectivity index is 2.01. The third-order valence-corrected chi connectivity index (χ3v) is 2.92. The fraction of sp³-hybridized carbons (Fsp3) is 0.500. The number of ether oxygens (including phenoxy) is 1. The predicted molar refractivity (Wildman–Crippen MR) is 66.9 cm³/mol. The van der Waals surface area contributed by atoms with Crippen LogP contribution >= 0.6 is 0 Å². The van der Waals surface area contributed by atoms with Gasteiger partial charge in [0.15, 0.2) is 0 Å². The lowest BCUT2D eigenvalue weighted by Gasteiger charge is -2.30. The summed E-state index contributed by atoms with van der Waals surface area (Å²) in [7, 11) is 1.99. The minimum absolute atomic E-state index is 0.0350. The third kappa shape index (κ3) is 3.62. The Labute approximate surface area is 110 Å². The van der Waals surface area contributed by atoms with E-state index in [-0.39, 0.29) is 17.5 Å². The predicted octanol–water partition coefficient (Wildman–Crippen LogP) is 0.661. The normalized spacial score (nSPS) is 20.2. The average molecular weight is 269 g/mol. The van der Waals surface area contributed by atoms with E-state index in [1.54, 1.807) is 0 Å². The summed E-state index contributed by atoms with van der Waals surface area (Å²) in [5.74, 6) is -1.72. The number of hydrogen-bond acceptors (Lipinski definition) is 5. The van der Waals surface area contributed by atoms with Gasteiger partial charge in [0.05, 0.1) is 18.9 Å². The molecule has 0 aromatic carbocycles. The van der Waals surface area contributed by atoms with Gasteiger partial charge in [0.2, 0.25) is 0 Å². The molecule has 2 heterocycles. The number of pyridine rings is 1. The van der Waals surface area contributed by atoms with Crippen LogP contribution in [0.15, 0.2) is 12.3 Å². The van der Waals surface area contributed by atoms with Gasteiger partial charge < -0.3 is 20.1 Å². The van der Waals surface area contributed by atoms with Gasteiger partial charge in [0.25, 0.3) is 0 Å². The molecule has 1 aromatic rings. The molecule has 1 unspecified atom stereocenters. The Bertz CT molecular complexity index is 470. The van der Waals surface area contributed by atoms with Crippen molar-refractivity contribution in [2.24, 2.45) is 0 Å². The quantitative estimate of drug-likeness (QED) is 0.836. The summed E-state index contributed by atoms with van der Waals surface area (Å²) in [5, 5.41) is 11.9. The van der Waals surface area contributed by atoms with Crippen LogP contribution in [0.2, 0.25) is 0 Å². The van der Waals surface area contributed by atoms with Crippen LogP contribution in [0.1, 0.15) is 10.4 Å². The lowest BCUT2D eigenvalue weighted by Crippen LogP contribution is -2.43. The van der Waals surface area contributed by atoms with Gasteiger partial charge in [0, 0.05) is 19.6 Å². The van der Waals surface area contributed by atoms with E-state index in [1.807, 2.05) is 7.05 Å². The maximum absolute atomic E-state index is 13.0. The van der Waals surface area contributed by atoms with Gasteiger partial charge in [-0.05, 0) is 13.1 Å². The first-order valence-corrected chi connectivity index (χ1v) is 5.99. The molecule has 104 valence electrons. The van der Waals surface area contributed by atoms with Crippen molar-refractivity contribution >= 4 is 11.8 Å². The number of nitrogens with zero attached hydrogens (tertiary/aromatic N) is 2. The standard InChI is InChI=1S/C12H16FN3O3/c1-16-2-3-19-9(7-16)6-15-11-10(12(17)18)4-8(13)5-14-11/h4-5,9H,2-3,6-7H2,1H3,(H,14,15)(H,17,18). The van der Waals surface area contributed by atoms with E-state index < -0.39 is 11.8 Å². The zero-order valence-electron chi connectivity index (χ0n) is 10.6. The van der Waals surface area contributed by atoms with Crippen molar-refractivity contribution in [3.8, 4) is 0 Å². The van der Waals surface area contributed by atoms with E-state index in [4.69, 9.17) is 9.84 Å². The molecule has 2 N–H and O–H groups in total. The van der Waals surface area contributed by atoms with Gasteiger partial charge in [-0.3, -0.25) is 0 Å². The first-order chi connectivity index (χ1) is 9.06. The average Bonchev–Trinajstić information content (AvgIpc) is 2.37. The molecule has 1 aliphatic rings. The smallest absolute Gasteiger partial charge is 0.339 e. The second kappa shape index (κ2) is 5.94. The highest BCUT2D eigenvalue weighted by molar-refractivity contribution is 5.93. The number of carboxylic acid groups (broad SMARTS) is 1. The number of rotatable bonds is 4. The monoisotopic (exact) mass is 269 g/mol. The molecule has 6 nitrogen and oxygen atoms in total. The molecule has 0 amide bonds. The number of aromatic carboxylic acids is 1. The molecule has 2 rings (SSSR count). The Hall–Kier alpha value is -1.73. The number of aromatic nitrogens is 1. The molecule has 1 aromatic heterocycles. The molecule has 1 fully saturated rings. The van der Waals surface area contributed by atoms with Crippen LogP contribution in [0.25, 0.3) is 0 Å². The molecular weight excluding hydrogens is 253 g/mol. The Morgan fingerprint density at radius 2 is 2.53 bits per heavy atom. The van der Waals surface area contributed by atoms with Crippen LogP contribution in [0.3, 0.4) is 0 Å². The molecule has 1 saturated heterocycles. The molecule has 7 heteroatoms. The van der Waals surface area contributed by atoms with Gasteiger partial charge in [-0.1, -0.05) is 0 Å². The molecule has 0 radical (unpaired) electrons. The minimum atomic E-state index is -1.21. The highest BCUT2D eigenvalue weighted by Gasteiger charge is 2.19. The maximum Gasteiger partial charge on any atom is 0.339 e. The third-order valence-electron chi connectivity index (χ3n) is 2.92. The van der Waals surface area contributed by atoms with Gasteiger partial charge in [-0.25, -0.2) is 14.2 Å². The first kappa shape index (κ1) is 13.7. The molecule has 19 heavy (non-hydrogen) atoms. The van der Waals surface area contributed by atoms with Crippen LogP contribution in [0, 0.1) is 5.82 Å². The number of halogens is 1. The second-order valence-corrected chi connectivity index (χ2v) is 4.49. The van der Waals surface area contributed by atoms with Crippen LogP contribution in [-0.2, 0) is 4.74 Å². The van der Waals surface area contributed by atoms with Gasteiger partial charge >= 0.3 is 5.97 Å². The van der Waals surface area contributed by atoms with Crippen LogP contribution < -0.4 is 5.32 Å². The van der Waals surface area contributed by atoms with Crippen LogP contribution in [0.5, 0.6) is 0 Å². The Morgan fingerprint density at radius 1 is 1.74 bits per heavy atom. The molecule has 0 aliphatic carbocycles. The topological polar surface area (TPSA) is 74.7 Å². The van der Waals surface area contributed by atoms with Crippen molar-refractivity contribution in [1.82, 2.24) is 9.88 Å². The van der Waals surface area contributed by atoms with Crippen LogP contribution in [-0.4, -0.2) is 60.4 Å². The number of hydrogen-bond donors (Lipinski definition) is 2. The molecule has 0 bridgehead atoms. The summed E-state index contributed by atoms with van der Waals surface area (Å²) in [4.78, 5) is 16.9.